The van der Waals surface area contributed by atoms with E-state index in [1.54, 1.807) is 0 Å². The molecule has 0 aromatic heterocycles. The summed E-state index contributed by atoms with van der Waals surface area (Å²) in [4.78, 5) is 11.6. The number of carbonyl (C=O) groups is 1. The van der Waals surface area contributed by atoms with Gasteiger partial charge in [-0.1, -0.05) is 40.3 Å². The second-order valence-electron chi connectivity index (χ2n) is 7.36. The molecule has 0 heterocycles. The molecule has 0 fully saturated rings. The second kappa shape index (κ2) is 10.9. The Morgan fingerprint density at radius 1 is 1.32 bits per heavy atom. The van der Waals surface area contributed by atoms with E-state index in [4.69, 9.17) is 13.3 Å². The van der Waals surface area contributed by atoms with Gasteiger partial charge in [-0.2, -0.15) is 8.42 Å². The number of nitrogens with one attached hydrogen (secondary N) is 1. The van der Waals surface area contributed by atoms with Crippen LogP contribution in [0.2, 0.25) is 13.1 Å². The largest absolute Gasteiger partial charge is 0.445 e. The number of hydrogen-bond donors (Lipinski definition) is 1. The summed E-state index contributed by atoms with van der Waals surface area (Å²) in [6.45, 7) is 15.8. The Balaban J connectivity index is 4.80. The van der Waals surface area contributed by atoms with E-state index >= 15 is 0 Å². The van der Waals surface area contributed by atoms with Crippen molar-refractivity contribution in [1.82, 2.24) is 5.32 Å². The van der Waals surface area contributed by atoms with Crippen molar-refractivity contribution in [2.75, 3.05) is 25.7 Å². The summed E-state index contributed by atoms with van der Waals surface area (Å²) in [6, 6.07) is 0. The number of alkyl carbamates (subject to hydrolysis) is 1. The summed E-state index contributed by atoms with van der Waals surface area (Å²) in [5.41, 5.74) is -0.0775. The van der Waals surface area contributed by atoms with Crippen molar-refractivity contribution in [2.45, 2.75) is 40.8 Å². The first-order chi connectivity index (χ1) is 11.4. The lowest BCUT2D eigenvalue weighted by atomic mass is 9.74. The van der Waals surface area contributed by atoms with Crippen molar-refractivity contribution in [3.05, 3.63) is 12.7 Å². The zero-order valence-corrected chi connectivity index (χ0v) is 18.2. The Morgan fingerprint density at radius 2 is 1.92 bits per heavy atom. The Hall–Kier alpha value is -0.903. The summed E-state index contributed by atoms with van der Waals surface area (Å²) in [5, 5.41) is 2.65. The van der Waals surface area contributed by atoms with Crippen LogP contribution in [0.5, 0.6) is 0 Å². The molecular weight excluding hydrogens is 362 g/mol. The average Bonchev–Trinajstić information content (AvgIpc) is 2.49. The number of carbonyl (C=O) groups excluding carboxylic acids is 1. The predicted molar refractivity (Wildman–Crippen MR) is 101 cm³/mol. The van der Waals surface area contributed by atoms with E-state index in [0.29, 0.717) is 0 Å². The van der Waals surface area contributed by atoms with E-state index < -0.39 is 31.2 Å². The van der Waals surface area contributed by atoms with Gasteiger partial charge in [0.1, 0.15) is 6.61 Å². The van der Waals surface area contributed by atoms with Crippen LogP contribution in [-0.2, 0) is 23.5 Å². The Morgan fingerprint density at radius 3 is 2.40 bits per heavy atom. The summed E-state index contributed by atoms with van der Waals surface area (Å²) in [5.74, 6) is -0.521. The lowest BCUT2D eigenvalue weighted by Crippen LogP contribution is -2.39. The number of amides is 1. The quantitative estimate of drug-likeness (QED) is 0.328. The normalized spacial score (nSPS) is 14.8. The Bertz CT molecular complexity index is 515. The zero-order chi connectivity index (χ0) is 19.7. The number of hydrogen-bond acceptors (Lipinski definition) is 6. The van der Waals surface area contributed by atoms with Crippen LogP contribution in [0.3, 0.4) is 0 Å². The third-order valence-electron chi connectivity index (χ3n) is 3.92. The SMILES string of the molecule is C=CCOC(=O)NCC(COS(=O)(=O)CO[SiH](C)C)C(C)C(C)(C)C. The molecule has 0 spiro atoms. The van der Waals surface area contributed by atoms with E-state index in [1.165, 1.54) is 6.08 Å². The van der Waals surface area contributed by atoms with Crippen molar-refractivity contribution >= 4 is 25.3 Å². The van der Waals surface area contributed by atoms with Crippen LogP contribution in [0.25, 0.3) is 0 Å². The van der Waals surface area contributed by atoms with Crippen molar-refractivity contribution < 1.29 is 26.6 Å². The minimum absolute atomic E-state index is 0.0223. The molecule has 0 aromatic rings. The van der Waals surface area contributed by atoms with E-state index in [0.717, 1.165) is 0 Å². The first-order valence-corrected chi connectivity index (χ1v) is 12.7. The van der Waals surface area contributed by atoms with Crippen molar-refractivity contribution in [3.63, 3.8) is 0 Å². The fourth-order valence-electron chi connectivity index (χ4n) is 1.93. The topological polar surface area (TPSA) is 90.9 Å². The number of rotatable bonds is 11. The predicted octanol–water partition coefficient (Wildman–Crippen LogP) is 2.50. The highest BCUT2D eigenvalue weighted by Crippen LogP contribution is 2.32. The average molecular weight is 396 g/mol. The van der Waals surface area contributed by atoms with Gasteiger partial charge in [-0.15, -0.1) is 0 Å². The van der Waals surface area contributed by atoms with Crippen LogP contribution in [0.4, 0.5) is 4.79 Å². The molecule has 25 heavy (non-hydrogen) atoms. The molecule has 0 aliphatic heterocycles. The highest BCUT2D eigenvalue weighted by atomic mass is 32.2. The molecule has 1 amide bonds. The van der Waals surface area contributed by atoms with E-state index in [1.807, 2.05) is 20.0 Å². The van der Waals surface area contributed by atoms with Crippen LogP contribution in [-0.4, -0.2) is 49.2 Å². The summed E-state index contributed by atoms with van der Waals surface area (Å²) in [6.07, 6.45) is 0.908. The highest BCUT2D eigenvalue weighted by molar-refractivity contribution is 7.86. The molecule has 148 valence electrons. The van der Waals surface area contributed by atoms with Crippen LogP contribution >= 0.6 is 0 Å². The molecule has 0 aliphatic rings. The maximum Gasteiger partial charge on any atom is 0.407 e. The van der Waals surface area contributed by atoms with Crippen LogP contribution in [0, 0.1) is 17.3 Å². The third kappa shape index (κ3) is 11.3. The maximum absolute atomic E-state index is 11.9. The monoisotopic (exact) mass is 395 g/mol. The summed E-state index contributed by atoms with van der Waals surface area (Å²) >= 11 is 0. The van der Waals surface area contributed by atoms with Crippen molar-refractivity contribution in [2.24, 2.45) is 17.3 Å². The molecule has 0 aliphatic carbocycles. The Labute approximate surface area is 154 Å². The lowest BCUT2D eigenvalue weighted by molar-refractivity contribution is 0.113. The molecule has 0 saturated heterocycles. The van der Waals surface area contributed by atoms with E-state index in [2.05, 4.69) is 32.7 Å². The fraction of sp³-hybridized carbons (Fsp3) is 0.812. The van der Waals surface area contributed by atoms with Gasteiger partial charge in [0.15, 0.2) is 15.0 Å². The zero-order valence-electron chi connectivity index (χ0n) is 16.2. The van der Waals surface area contributed by atoms with Gasteiger partial charge in [0.2, 0.25) is 0 Å². The van der Waals surface area contributed by atoms with Gasteiger partial charge in [0.05, 0.1) is 6.61 Å². The minimum atomic E-state index is -3.75. The summed E-state index contributed by atoms with van der Waals surface area (Å²) < 4.78 is 39.1. The van der Waals surface area contributed by atoms with Gasteiger partial charge < -0.3 is 14.5 Å². The molecule has 0 radical (unpaired) electrons. The van der Waals surface area contributed by atoms with Gasteiger partial charge >= 0.3 is 6.09 Å². The molecular formula is C16H33NO6SSi. The highest BCUT2D eigenvalue weighted by Gasteiger charge is 2.30. The molecule has 0 rings (SSSR count). The molecule has 0 bridgehead atoms. The number of ether oxygens (including phenoxy) is 1. The fourth-order valence-corrected chi connectivity index (χ4v) is 4.14. The molecule has 0 saturated carbocycles. The molecule has 2 atom stereocenters. The van der Waals surface area contributed by atoms with Crippen molar-refractivity contribution in [1.29, 1.82) is 0 Å². The maximum atomic E-state index is 11.9. The van der Waals surface area contributed by atoms with Crippen molar-refractivity contribution in [3.8, 4) is 0 Å². The van der Waals surface area contributed by atoms with Crippen LogP contribution in [0.1, 0.15) is 27.7 Å². The molecule has 0 aromatic carbocycles. The van der Waals surface area contributed by atoms with Gasteiger partial charge in [-0.3, -0.25) is 4.18 Å². The molecule has 9 heteroatoms. The van der Waals surface area contributed by atoms with Gasteiger partial charge in [-0.25, -0.2) is 4.79 Å². The smallest absolute Gasteiger partial charge is 0.407 e. The second-order valence-corrected chi connectivity index (χ2v) is 11.4. The lowest BCUT2D eigenvalue weighted by Gasteiger charge is -2.34. The first-order valence-electron chi connectivity index (χ1n) is 8.39. The van der Waals surface area contributed by atoms with Gasteiger partial charge in [0, 0.05) is 12.5 Å². The summed E-state index contributed by atoms with van der Waals surface area (Å²) in [7, 11) is -5.19. The molecule has 1 N–H and O–H groups in total. The third-order valence-corrected chi connectivity index (χ3v) is 5.92. The minimum Gasteiger partial charge on any atom is -0.445 e. The molecule has 2 unspecified atom stereocenters. The van der Waals surface area contributed by atoms with Crippen LogP contribution < -0.4 is 5.32 Å². The first kappa shape index (κ1) is 24.1. The Kier molecular flexibility index (Phi) is 10.6. The van der Waals surface area contributed by atoms with Crippen LogP contribution in [0.15, 0.2) is 12.7 Å². The molecule has 7 nitrogen and oxygen atoms in total. The van der Waals surface area contributed by atoms with E-state index in [9.17, 15) is 13.2 Å². The van der Waals surface area contributed by atoms with Gasteiger partial charge in [0.25, 0.3) is 10.1 Å². The van der Waals surface area contributed by atoms with Gasteiger partial charge in [-0.05, 0) is 24.4 Å². The standard InChI is InChI=1S/C16H33NO6SSi/c1-8-9-21-15(18)17-10-14(13(2)16(3,4)5)11-22-24(19,20)12-23-25(6)7/h8,13-14,25H,1,9-12H2,2-7H3,(H,17,18). The van der Waals surface area contributed by atoms with E-state index in [-0.39, 0.29) is 37.0 Å².